The van der Waals surface area contributed by atoms with Gasteiger partial charge in [-0.05, 0) is 36.0 Å². The lowest BCUT2D eigenvalue weighted by atomic mass is 9.98. The highest BCUT2D eigenvalue weighted by molar-refractivity contribution is 5.96. The Balaban J connectivity index is 0.000000408. The van der Waals surface area contributed by atoms with Gasteiger partial charge in [0.1, 0.15) is 0 Å². The zero-order valence-corrected chi connectivity index (χ0v) is 11.4. The first-order valence-corrected chi connectivity index (χ1v) is 6.48. The Labute approximate surface area is 114 Å². The maximum Gasteiger partial charge on any atom is -0.0105 e. The van der Waals surface area contributed by atoms with Gasteiger partial charge in [-0.1, -0.05) is 72.8 Å². The Bertz CT molecular complexity index is 624. The maximum atomic E-state index is 2.75. The second kappa shape index (κ2) is 6.72. The van der Waals surface area contributed by atoms with Gasteiger partial charge in [0, 0.05) is 0 Å². The molecule has 1 N–H and O–H groups in total. The number of nitrogens with one attached hydrogen (secondary N) is 1. The molecule has 0 saturated carbocycles. The van der Waals surface area contributed by atoms with Gasteiger partial charge in [0.05, 0.1) is 0 Å². The number of benzene rings is 3. The molecule has 96 valence electrons. The minimum Gasteiger partial charge on any atom is -0.323 e. The van der Waals surface area contributed by atoms with Crippen molar-refractivity contribution in [3.8, 4) is 11.1 Å². The molecule has 0 aliphatic carbocycles. The van der Waals surface area contributed by atoms with E-state index in [4.69, 9.17) is 0 Å². The highest BCUT2D eigenvalue weighted by Crippen LogP contribution is 2.27. The minimum absolute atomic E-state index is 1.28. The summed E-state index contributed by atoms with van der Waals surface area (Å²) in [5.74, 6) is 0. The SMILES string of the molecule is CNC.c1ccc(-c2cccc3ccccc23)cc1. The molecule has 0 fully saturated rings. The van der Waals surface area contributed by atoms with Crippen LogP contribution in [0.25, 0.3) is 21.9 Å². The highest BCUT2D eigenvalue weighted by Gasteiger charge is 2.01. The summed E-state index contributed by atoms with van der Waals surface area (Å²) in [5.41, 5.74) is 2.58. The van der Waals surface area contributed by atoms with Gasteiger partial charge >= 0.3 is 0 Å². The van der Waals surface area contributed by atoms with Gasteiger partial charge in [-0.2, -0.15) is 0 Å². The molecule has 19 heavy (non-hydrogen) atoms. The quantitative estimate of drug-likeness (QED) is 0.676. The Morgan fingerprint density at radius 2 is 1.21 bits per heavy atom. The first-order chi connectivity index (χ1) is 9.36. The molecule has 0 saturated heterocycles. The molecule has 3 rings (SSSR count). The van der Waals surface area contributed by atoms with Crippen molar-refractivity contribution in [3.63, 3.8) is 0 Å². The molecule has 0 unspecified atom stereocenters. The fraction of sp³-hybridized carbons (Fsp3) is 0.111. The van der Waals surface area contributed by atoms with Gasteiger partial charge in [-0.25, -0.2) is 0 Å². The normalized spacial score (nSPS) is 9.79. The van der Waals surface area contributed by atoms with Crippen molar-refractivity contribution in [2.45, 2.75) is 0 Å². The third-order valence-corrected chi connectivity index (χ3v) is 2.87. The first kappa shape index (κ1) is 13.3. The smallest absolute Gasteiger partial charge is 0.0105 e. The summed E-state index contributed by atoms with van der Waals surface area (Å²) >= 11 is 0. The van der Waals surface area contributed by atoms with Gasteiger partial charge in [-0.3, -0.25) is 0 Å². The van der Waals surface area contributed by atoms with Crippen LogP contribution in [-0.4, -0.2) is 14.1 Å². The van der Waals surface area contributed by atoms with Crippen LogP contribution in [0.15, 0.2) is 72.8 Å². The van der Waals surface area contributed by atoms with E-state index in [9.17, 15) is 0 Å². The van der Waals surface area contributed by atoms with E-state index < -0.39 is 0 Å². The van der Waals surface area contributed by atoms with Crippen LogP contribution in [0.4, 0.5) is 0 Å². The van der Waals surface area contributed by atoms with Gasteiger partial charge in [0.15, 0.2) is 0 Å². The van der Waals surface area contributed by atoms with Crippen molar-refractivity contribution in [2.24, 2.45) is 0 Å². The van der Waals surface area contributed by atoms with Crippen molar-refractivity contribution in [1.29, 1.82) is 0 Å². The van der Waals surface area contributed by atoms with Crippen LogP contribution < -0.4 is 5.32 Å². The summed E-state index contributed by atoms with van der Waals surface area (Å²) in [5, 5.41) is 5.36. The van der Waals surface area contributed by atoms with Crippen LogP contribution in [0.1, 0.15) is 0 Å². The Morgan fingerprint density at radius 1 is 0.632 bits per heavy atom. The molecule has 1 nitrogen and oxygen atoms in total. The summed E-state index contributed by atoms with van der Waals surface area (Å²) in [7, 11) is 3.75. The van der Waals surface area contributed by atoms with Crippen molar-refractivity contribution in [1.82, 2.24) is 5.32 Å². The fourth-order valence-corrected chi connectivity index (χ4v) is 2.09. The predicted octanol–water partition coefficient (Wildman–Crippen LogP) is 4.34. The Hall–Kier alpha value is -2.12. The largest absolute Gasteiger partial charge is 0.323 e. The summed E-state index contributed by atoms with van der Waals surface area (Å²) in [4.78, 5) is 0. The molecule has 1 heteroatoms. The molecular formula is C18H19N. The van der Waals surface area contributed by atoms with Crippen LogP contribution in [-0.2, 0) is 0 Å². The zero-order valence-electron chi connectivity index (χ0n) is 11.4. The van der Waals surface area contributed by atoms with E-state index in [1.165, 1.54) is 21.9 Å². The lowest BCUT2D eigenvalue weighted by Crippen LogP contribution is -1.89. The van der Waals surface area contributed by atoms with Crippen molar-refractivity contribution in [2.75, 3.05) is 14.1 Å². The number of fused-ring (bicyclic) bond motifs is 1. The lowest BCUT2D eigenvalue weighted by molar-refractivity contribution is 1.02. The molecular weight excluding hydrogens is 230 g/mol. The second-order valence-electron chi connectivity index (χ2n) is 4.39. The number of hydrogen-bond acceptors (Lipinski definition) is 1. The molecule has 0 radical (unpaired) electrons. The topological polar surface area (TPSA) is 12.0 Å². The van der Waals surface area contributed by atoms with Crippen LogP contribution in [0.5, 0.6) is 0 Å². The highest BCUT2D eigenvalue weighted by atomic mass is 14.7. The van der Waals surface area contributed by atoms with E-state index in [0.29, 0.717) is 0 Å². The number of rotatable bonds is 1. The molecule has 0 bridgehead atoms. The van der Waals surface area contributed by atoms with Crippen molar-refractivity contribution < 1.29 is 0 Å². The molecule has 0 aliphatic heterocycles. The van der Waals surface area contributed by atoms with E-state index in [1.807, 2.05) is 14.1 Å². The first-order valence-electron chi connectivity index (χ1n) is 6.48. The van der Waals surface area contributed by atoms with E-state index >= 15 is 0 Å². The minimum atomic E-state index is 1.28. The molecule has 0 heterocycles. The average Bonchev–Trinajstić information content (AvgIpc) is 2.48. The van der Waals surface area contributed by atoms with Gasteiger partial charge in [-0.15, -0.1) is 0 Å². The van der Waals surface area contributed by atoms with Crippen LogP contribution in [0.3, 0.4) is 0 Å². The van der Waals surface area contributed by atoms with Crippen LogP contribution >= 0.6 is 0 Å². The fourth-order valence-electron chi connectivity index (χ4n) is 2.09. The third kappa shape index (κ3) is 3.21. The van der Waals surface area contributed by atoms with Gasteiger partial charge in [0.25, 0.3) is 0 Å². The molecule has 3 aromatic carbocycles. The van der Waals surface area contributed by atoms with Crippen LogP contribution in [0.2, 0.25) is 0 Å². The average molecular weight is 249 g/mol. The molecule has 3 aromatic rings. The Kier molecular flexibility index (Phi) is 4.71. The lowest BCUT2D eigenvalue weighted by Gasteiger charge is -2.06. The summed E-state index contributed by atoms with van der Waals surface area (Å²) < 4.78 is 0. The summed E-state index contributed by atoms with van der Waals surface area (Å²) in [6, 6.07) is 25.5. The molecule has 0 aromatic heterocycles. The maximum absolute atomic E-state index is 2.75. The van der Waals surface area contributed by atoms with Crippen LogP contribution in [0, 0.1) is 0 Å². The molecule has 0 amide bonds. The molecule has 0 spiro atoms. The van der Waals surface area contributed by atoms with E-state index in [2.05, 4.69) is 78.1 Å². The predicted molar refractivity (Wildman–Crippen MR) is 84.4 cm³/mol. The monoisotopic (exact) mass is 249 g/mol. The van der Waals surface area contributed by atoms with Crippen molar-refractivity contribution in [3.05, 3.63) is 72.8 Å². The zero-order chi connectivity index (χ0) is 13.5. The molecule has 0 atom stereocenters. The molecule has 0 aliphatic rings. The number of hydrogen-bond donors (Lipinski definition) is 1. The Morgan fingerprint density at radius 3 is 1.95 bits per heavy atom. The van der Waals surface area contributed by atoms with Crippen molar-refractivity contribution >= 4 is 10.8 Å². The summed E-state index contributed by atoms with van der Waals surface area (Å²) in [6.07, 6.45) is 0. The third-order valence-electron chi connectivity index (χ3n) is 2.87. The van der Waals surface area contributed by atoms with E-state index in [1.54, 1.807) is 0 Å². The summed E-state index contributed by atoms with van der Waals surface area (Å²) in [6.45, 7) is 0. The standard InChI is InChI=1S/C16H12.C2H7N/c1-2-7-13(8-3-1)16-12-6-10-14-9-4-5-11-15(14)16;1-3-2/h1-12H;3H,1-2H3. The van der Waals surface area contributed by atoms with E-state index in [0.717, 1.165) is 0 Å². The van der Waals surface area contributed by atoms with E-state index in [-0.39, 0.29) is 0 Å². The second-order valence-corrected chi connectivity index (χ2v) is 4.39. The van der Waals surface area contributed by atoms with Gasteiger partial charge < -0.3 is 5.32 Å². The van der Waals surface area contributed by atoms with Gasteiger partial charge in [0.2, 0.25) is 0 Å².